The molecule has 66 heavy (non-hydrogen) atoms. The van der Waals surface area contributed by atoms with Crippen LogP contribution in [0, 0.1) is 5.41 Å². The Morgan fingerprint density at radius 1 is 0.424 bits per heavy atom. The molecule has 9 heteroatoms. The monoisotopic (exact) mass is 1040 g/mol. The zero-order valence-electron chi connectivity index (χ0n) is 37.5. The van der Waals surface area contributed by atoms with Crippen molar-refractivity contribution in [3.05, 3.63) is 217 Å². The second-order valence-electron chi connectivity index (χ2n) is 16.6. The molecule has 0 aromatic heterocycles. The first-order valence-electron chi connectivity index (χ1n) is 21.7. The Kier molecular flexibility index (Phi) is 15.5. The van der Waals surface area contributed by atoms with Gasteiger partial charge in [-0.25, -0.2) is 0 Å². The summed E-state index contributed by atoms with van der Waals surface area (Å²) in [5.74, 6) is 0.381. The molecule has 0 atom stereocenters. The molecule has 0 aliphatic carbocycles. The number of phenolic OH excluding ortho intramolecular Hbond substituents is 2. The van der Waals surface area contributed by atoms with Gasteiger partial charge < -0.3 is 20.0 Å². The van der Waals surface area contributed by atoms with E-state index in [1.807, 2.05) is 123 Å². The van der Waals surface area contributed by atoms with E-state index in [0.29, 0.717) is 24.2 Å². The summed E-state index contributed by atoms with van der Waals surface area (Å²) < 4.78 is 17.1. The van der Waals surface area contributed by atoms with Gasteiger partial charge in [-0.05, 0) is 133 Å². The third-order valence-electron chi connectivity index (χ3n) is 11.2. The van der Waals surface area contributed by atoms with Crippen molar-refractivity contribution < 1.29 is 35.5 Å². The Morgan fingerprint density at radius 2 is 0.682 bits per heavy atom. The van der Waals surface area contributed by atoms with Gasteiger partial charge in [-0.1, -0.05) is 123 Å². The third kappa shape index (κ3) is 11.6. The van der Waals surface area contributed by atoms with Gasteiger partial charge in [0.25, 0.3) is 0 Å². The Balaban J connectivity index is 0.00000210. The summed E-state index contributed by atoms with van der Waals surface area (Å²) in [5.41, 5.74) is 13.0. The van der Waals surface area contributed by atoms with Gasteiger partial charge in [-0.3, -0.25) is 9.98 Å². The van der Waals surface area contributed by atoms with E-state index in [-0.39, 0.29) is 16.9 Å². The molecule has 8 nitrogen and oxygen atoms in total. The summed E-state index contributed by atoms with van der Waals surface area (Å²) in [4.78, 5) is 14.3. The van der Waals surface area contributed by atoms with Gasteiger partial charge in [0.2, 0.25) is 0 Å². The van der Waals surface area contributed by atoms with Gasteiger partial charge in [0.15, 0.2) is 0 Å². The van der Waals surface area contributed by atoms with Crippen LogP contribution in [0.4, 0.5) is 34.1 Å². The molecule has 0 heterocycles. The summed E-state index contributed by atoms with van der Waals surface area (Å²) in [6.07, 6.45) is 0. The van der Waals surface area contributed by atoms with Crippen LogP contribution < -0.4 is 9.80 Å². The number of nitrogens with zero attached hydrogens (tertiary/aromatic N) is 4. The van der Waals surface area contributed by atoms with Gasteiger partial charge in [0.05, 0.1) is 0 Å². The fourth-order valence-corrected chi connectivity index (χ4v) is 7.73. The molecule has 8 aromatic rings. The molecule has 0 aliphatic heterocycles. The normalized spacial score (nSPS) is 11.6. The van der Waals surface area contributed by atoms with E-state index < -0.39 is 18.5 Å². The van der Waals surface area contributed by atoms with Crippen LogP contribution in [0.15, 0.2) is 216 Å². The second kappa shape index (κ2) is 22.0. The maximum atomic E-state index is 11.2. The Bertz CT molecular complexity index is 2660. The molecule has 330 valence electrons. The average Bonchev–Trinajstić information content (AvgIpc) is 3.35. The molecule has 0 amide bonds. The Hall–Kier alpha value is -7.41. The molecule has 0 spiro atoms. The molecule has 0 fully saturated rings. The maximum absolute atomic E-state index is 11.2. The predicted molar refractivity (Wildman–Crippen MR) is 266 cm³/mol. The molecule has 0 aliphatic rings. The topological polar surface area (TPSA) is 106 Å². The van der Waals surface area contributed by atoms with E-state index in [4.69, 9.17) is 16.8 Å². The van der Waals surface area contributed by atoms with Crippen molar-refractivity contribution in [2.45, 2.75) is 27.7 Å². The molecular weight excluding hydrogens is 988 g/mol. The van der Waals surface area contributed by atoms with E-state index in [1.165, 1.54) is 0 Å². The number of anilines is 6. The predicted octanol–water partition coefficient (Wildman–Crippen LogP) is 14.5. The van der Waals surface area contributed by atoms with Crippen molar-refractivity contribution in [2.24, 2.45) is 15.4 Å². The standard InChI is InChI=1S/C57H52N4O2.2O.W/c1-41(53-35-29-45(37-55(53)62)43-25-31-51(32-26-43)60(47-17-9-5-10-18-47)48-19-11-6-12-20-48)58-39-57(3,4)40-59-42(2)54-36-30-46(38-56(54)63)44-27-33-52(34-28-44)61(49-21-13-7-14-22-49)50-23-15-8-16-24-50;;;/h5-38,62-63H,39-40H2,1-4H3;;;. The van der Waals surface area contributed by atoms with Crippen LogP contribution in [0.25, 0.3) is 22.3 Å². The molecule has 8 rings (SSSR count). The van der Waals surface area contributed by atoms with Gasteiger partial charge in [-0.2, -0.15) is 0 Å². The fraction of sp³-hybridized carbons (Fsp3) is 0.123. The van der Waals surface area contributed by atoms with E-state index in [0.717, 1.165) is 67.8 Å². The summed E-state index contributed by atoms with van der Waals surface area (Å²) in [6.45, 7) is 9.17. The van der Waals surface area contributed by atoms with Crippen molar-refractivity contribution >= 4 is 45.5 Å². The number of benzene rings is 8. The summed E-state index contributed by atoms with van der Waals surface area (Å²) in [7, 11) is 0. The molecular formula is C57H52N4O4W. The zero-order chi connectivity index (χ0) is 46.5. The van der Waals surface area contributed by atoms with Crippen molar-refractivity contribution in [3.8, 4) is 33.8 Å². The van der Waals surface area contributed by atoms with Crippen LogP contribution in [0.5, 0.6) is 11.5 Å². The first kappa shape index (κ1) is 46.6. The van der Waals surface area contributed by atoms with E-state index in [2.05, 4.69) is 121 Å². The molecule has 0 bridgehead atoms. The third-order valence-corrected chi connectivity index (χ3v) is 11.2. The van der Waals surface area contributed by atoms with Crippen LogP contribution in [0.3, 0.4) is 0 Å². The number of para-hydroxylation sites is 4. The van der Waals surface area contributed by atoms with Crippen LogP contribution in [-0.4, -0.2) is 34.7 Å². The first-order valence-corrected chi connectivity index (χ1v) is 24.1. The van der Waals surface area contributed by atoms with Crippen molar-refractivity contribution in [1.82, 2.24) is 0 Å². The number of aromatic hydroxyl groups is 2. The van der Waals surface area contributed by atoms with Gasteiger partial charge in [-0.15, -0.1) is 0 Å². The SMILES string of the molecule is CC(=NCC(C)(C)CN=C(C)c1ccc(-c2ccc(N(c3ccccc3)c3ccccc3)cc2)cc1O)c1ccc(-c2ccc(N(c3ccccc3)c3ccccc3)cc2)cc1O.[O]=[W]=[O]. The second-order valence-corrected chi connectivity index (χ2v) is 17.1. The van der Waals surface area contributed by atoms with E-state index >= 15 is 0 Å². The van der Waals surface area contributed by atoms with Crippen LogP contribution in [0.1, 0.15) is 38.8 Å². The first-order chi connectivity index (χ1) is 32.0. The van der Waals surface area contributed by atoms with Crippen LogP contribution in [-0.2, 0) is 25.3 Å². The van der Waals surface area contributed by atoms with Crippen LogP contribution >= 0.6 is 0 Å². The number of hydrogen-bond donors (Lipinski definition) is 2. The minimum absolute atomic E-state index is 0.191. The minimum atomic E-state index is -2.25. The Morgan fingerprint density at radius 3 is 0.955 bits per heavy atom. The summed E-state index contributed by atoms with van der Waals surface area (Å²) in [5, 5.41) is 22.4. The van der Waals surface area contributed by atoms with Gasteiger partial charge in [0.1, 0.15) is 11.5 Å². The van der Waals surface area contributed by atoms with Crippen molar-refractivity contribution in [3.63, 3.8) is 0 Å². The molecule has 2 N–H and O–H groups in total. The van der Waals surface area contributed by atoms with E-state index in [1.54, 1.807) is 0 Å². The van der Waals surface area contributed by atoms with Gasteiger partial charge in [0, 0.05) is 75.2 Å². The van der Waals surface area contributed by atoms with Gasteiger partial charge >= 0.3 is 25.3 Å². The number of rotatable bonds is 14. The number of phenols is 2. The molecule has 8 aromatic carbocycles. The number of aliphatic imine (C=N–C) groups is 2. The Labute approximate surface area is 396 Å². The quantitative estimate of drug-likeness (QED) is 0.105. The average molecular weight is 1040 g/mol. The van der Waals surface area contributed by atoms with E-state index in [9.17, 15) is 10.2 Å². The zero-order valence-corrected chi connectivity index (χ0v) is 40.4. The molecule has 0 radical (unpaired) electrons. The molecule has 0 saturated carbocycles. The van der Waals surface area contributed by atoms with Crippen molar-refractivity contribution in [2.75, 3.05) is 22.9 Å². The van der Waals surface area contributed by atoms with Crippen molar-refractivity contribution in [1.29, 1.82) is 0 Å². The molecule has 0 unspecified atom stereocenters. The number of hydrogen-bond acceptors (Lipinski definition) is 8. The van der Waals surface area contributed by atoms with Crippen LogP contribution in [0.2, 0.25) is 0 Å². The fourth-order valence-electron chi connectivity index (χ4n) is 7.73. The molecule has 0 saturated heterocycles. The summed E-state index contributed by atoms with van der Waals surface area (Å²) >= 11 is -2.25. The summed E-state index contributed by atoms with van der Waals surface area (Å²) in [6, 6.07) is 69.7.